The Bertz CT molecular complexity index is 793. The van der Waals surface area contributed by atoms with Crippen LogP contribution in [0.4, 0.5) is 0 Å². The molecule has 8 nitrogen and oxygen atoms in total. The lowest BCUT2D eigenvalue weighted by atomic mass is 9.94. The van der Waals surface area contributed by atoms with Crippen molar-refractivity contribution in [2.45, 2.75) is 57.2 Å². The lowest BCUT2D eigenvalue weighted by Crippen LogP contribution is -2.43. The van der Waals surface area contributed by atoms with Crippen LogP contribution in [-0.4, -0.2) is 54.8 Å². The van der Waals surface area contributed by atoms with Gasteiger partial charge in [-0.2, -0.15) is 0 Å². The van der Waals surface area contributed by atoms with E-state index in [0.717, 1.165) is 5.69 Å². The fourth-order valence-corrected chi connectivity index (χ4v) is 3.63. The molecular formula is C16H20N4O4. The van der Waals surface area contributed by atoms with Crippen LogP contribution in [0.2, 0.25) is 0 Å². The number of aliphatic hydroxyl groups excluding tert-OH is 1. The Hall–Kier alpha value is -1.87. The van der Waals surface area contributed by atoms with Crippen molar-refractivity contribution in [3.8, 4) is 0 Å². The second kappa shape index (κ2) is 5.32. The van der Waals surface area contributed by atoms with Crippen molar-refractivity contribution in [3.05, 3.63) is 31.0 Å². The molecule has 0 amide bonds. The summed E-state index contributed by atoms with van der Waals surface area (Å²) in [6.45, 7) is 9.27. The van der Waals surface area contributed by atoms with Gasteiger partial charge in [-0.05, 0) is 20.8 Å². The topological polar surface area (TPSA) is 91.5 Å². The Morgan fingerprint density at radius 2 is 2.17 bits per heavy atom. The lowest BCUT2D eigenvalue weighted by Gasteiger charge is -2.28. The molecule has 2 aromatic rings. The van der Waals surface area contributed by atoms with E-state index in [1.165, 1.54) is 12.4 Å². The Morgan fingerprint density at radius 1 is 1.38 bits per heavy atom. The number of fused-ring (bicyclic) bond motifs is 2. The van der Waals surface area contributed by atoms with Crippen LogP contribution in [0.5, 0.6) is 0 Å². The Morgan fingerprint density at radius 3 is 2.92 bits per heavy atom. The molecule has 4 rings (SSSR count). The first-order chi connectivity index (χ1) is 11.5. The number of rotatable bonds is 3. The standard InChI is InChI=1S/C16H20N4O4/c1-5-10(21)12-13-16(4,24-9(3)22-13)15(23-12)20-7-19-11-8(2)17-6-18-14(11)20/h5-7,9-10,12-13,15,21H,1H2,2-4H3. The molecule has 0 radical (unpaired) electrons. The maximum absolute atomic E-state index is 10.2. The molecule has 4 heterocycles. The van der Waals surface area contributed by atoms with Gasteiger partial charge in [-0.1, -0.05) is 6.08 Å². The number of nitrogens with zero attached hydrogens (tertiary/aromatic N) is 4. The maximum Gasteiger partial charge on any atom is 0.168 e. The van der Waals surface area contributed by atoms with E-state index in [1.54, 1.807) is 6.33 Å². The highest BCUT2D eigenvalue weighted by atomic mass is 16.8. The Kier molecular flexibility index (Phi) is 3.47. The predicted molar refractivity (Wildman–Crippen MR) is 84.0 cm³/mol. The van der Waals surface area contributed by atoms with Gasteiger partial charge in [0.05, 0.1) is 12.0 Å². The third-order valence-corrected chi connectivity index (χ3v) is 4.77. The summed E-state index contributed by atoms with van der Waals surface area (Å²) in [6.07, 6.45) is 1.80. The van der Waals surface area contributed by atoms with E-state index in [4.69, 9.17) is 14.2 Å². The summed E-state index contributed by atoms with van der Waals surface area (Å²) in [5.41, 5.74) is 1.38. The molecule has 6 unspecified atom stereocenters. The molecule has 2 fully saturated rings. The zero-order valence-electron chi connectivity index (χ0n) is 13.8. The number of ether oxygens (including phenoxy) is 3. The van der Waals surface area contributed by atoms with Crippen molar-refractivity contribution in [1.82, 2.24) is 19.5 Å². The molecule has 24 heavy (non-hydrogen) atoms. The smallest absolute Gasteiger partial charge is 0.168 e. The van der Waals surface area contributed by atoms with E-state index in [2.05, 4.69) is 21.5 Å². The Labute approximate surface area is 139 Å². The summed E-state index contributed by atoms with van der Waals surface area (Å²) in [6, 6.07) is 0. The van der Waals surface area contributed by atoms with Crippen LogP contribution in [-0.2, 0) is 14.2 Å². The quantitative estimate of drug-likeness (QED) is 0.842. The normalized spacial score (nSPS) is 36.8. The van der Waals surface area contributed by atoms with Crippen molar-refractivity contribution >= 4 is 11.2 Å². The van der Waals surface area contributed by atoms with E-state index in [1.807, 2.05) is 25.3 Å². The molecule has 128 valence electrons. The van der Waals surface area contributed by atoms with Gasteiger partial charge in [0.2, 0.25) is 0 Å². The minimum Gasteiger partial charge on any atom is -0.386 e. The second-order valence-electron chi connectivity index (χ2n) is 6.39. The molecule has 0 aliphatic carbocycles. The number of aryl methyl sites for hydroxylation is 1. The van der Waals surface area contributed by atoms with Crippen LogP contribution in [0.15, 0.2) is 25.3 Å². The minimum absolute atomic E-state index is 0.392. The van der Waals surface area contributed by atoms with Gasteiger partial charge in [-0.3, -0.25) is 4.57 Å². The van der Waals surface area contributed by atoms with Crippen LogP contribution in [0, 0.1) is 6.92 Å². The number of imidazole rings is 1. The number of hydrogen-bond donors (Lipinski definition) is 1. The highest BCUT2D eigenvalue weighted by molar-refractivity contribution is 5.72. The number of hydrogen-bond acceptors (Lipinski definition) is 7. The summed E-state index contributed by atoms with van der Waals surface area (Å²) >= 11 is 0. The fourth-order valence-electron chi connectivity index (χ4n) is 3.63. The van der Waals surface area contributed by atoms with Crippen LogP contribution in [0.1, 0.15) is 25.8 Å². The summed E-state index contributed by atoms with van der Waals surface area (Å²) in [5.74, 6) is 0. The molecular weight excluding hydrogens is 312 g/mol. The van der Waals surface area contributed by atoms with Crippen molar-refractivity contribution in [1.29, 1.82) is 0 Å². The maximum atomic E-state index is 10.2. The molecule has 2 aliphatic heterocycles. The SMILES string of the molecule is C=CC(O)C1OC(n2cnc3c(C)ncnc32)C2(C)OC(C)OC12. The van der Waals surface area contributed by atoms with Crippen LogP contribution < -0.4 is 0 Å². The second-order valence-corrected chi connectivity index (χ2v) is 6.39. The van der Waals surface area contributed by atoms with Gasteiger partial charge in [-0.25, -0.2) is 15.0 Å². The van der Waals surface area contributed by atoms with E-state index < -0.39 is 36.4 Å². The van der Waals surface area contributed by atoms with E-state index in [9.17, 15) is 5.11 Å². The molecule has 0 spiro atoms. The molecule has 8 heteroatoms. The largest absolute Gasteiger partial charge is 0.386 e. The molecule has 2 saturated heterocycles. The zero-order chi connectivity index (χ0) is 17.1. The van der Waals surface area contributed by atoms with Gasteiger partial charge in [0.15, 0.2) is 18.2 Å². The Balaban J connectivity index is 1.82. The zero-order valence-corrected chi connectivity index (χ0v) is 13.8. The van der Waals surface area contributed by atoms with Crippen molar-refractivity contribution in [2.24, 2.45) is 0 Å². The fraction of sp³-hybridized carbons (Fsp3) is 0.562. The monoisotopic (exact) mass is 332 g/mol. The van der Waals surface area contributed by atoms with Gasteiger partial charge in [0.25, 0.3) is 0 Å². The highest BCUT2D eigenvalue weighted by Crippen LogP contribution is 2.49. The van der Waals surface area contributed by atoms with Crippen molar-refractivity contribution in [3.63, 3.8) is 0 Å². The third kappa shape index (κ3) is 2.04. The van der Waals surface area contributed by atoms with Crippen molar-refractivity contribution in [2.75, 3.05) is 0 Å². The number of aromatic nitrogens is 4. The van der Waals surface area contributed by atoms with Crippen LogP contribution >= 0.6 is 0 Å². The van der Waals surface area contributed by atoms with Gasteiger partial charge < -0.3 is 19.3 Å². The van der Waals surface area contributed by atoms with Crippen LogP contribution in [0.3, 0.4) is 0 Å². The lowest BCUT2D eigenvalue weighted by molar-refractivity contribution is -0.170. The van der Waals surface area contributed by atoms with E-state index in [0.29, 0.717) is 11.2 Å². The average molecular weight is 332 g/mol. The molecule has 0 aromatic carbocycles. The highest BCUT2D eigenvalue weighted by Gasteiger charge is 2.62. The van der Waals surface area contributed by atoms with Crippen molar-refractivity contribution < 1.29 is 19.3 Å². The molecule has 6 atom stereocenters. The summed E-state index contributed by atoms with van der Waals surface area (Å²) in [5, 5.41) is 10.2. The molecule has 0 saturated carbocycles. The first-order valence-electron chi connectivity index (χ1n) is 7.89. The van der Waals surface area contributed by atoms with Gasteiger partial charge in [0.1, 0.15) is 35.8 Å². The first-order valence-corrected chi connectivity index (χ1v) is 7.89. The van der Waals surface area contributed by atoms with E-state index in [-0.39, 0.29) is 0 Å². The molecule has 2 aromatic heterocycles. The van der Waals surface area contributed by atoms with Gasteiger partial charge in [-0.15, -0.1) is 6.58 Å². The molecule has 1 N–H and O–H groups in total. The minimum atomic E-state index is -0.862. The van der Waals surface area contributed by atoms with Gasteiger partial charge in [0, 0.05) is 0 Å². The summed E-state index contributed by atoms with van der Waals surface area (Å²) < 4.78 is 19.8. The average Bonchev–Trinajstić information content (AvgIpc) is 3.17. The van der Waals surface area contributed by atoms with Gasteiger partial charge >= 0.3 is 0 Å². The predicted octanol–water partition coefficient (Wildman–Crippen LogP) is 1.10. The molecule has 0 bridgehead atoms. The first kappa shape index (κ1) is 15.6. The summed E-state index contributed by atoms with van der Waals surface area (Å²) in [7, 11) is 0. The summed E-state index contributed by atoms with van der Waals surface area (Å²) in [4.78, 5) is 12.9. The molecule has 2 aliphatic rings. The van der Waals surface area contributed by atoms with E-state index >= 15 is 0 Å². The number of aliphatic hydroxyl groups is 1. The third-order valence-electron chi connectivity index (χ3n) is 4.77. The van der Waals surface area contributed by atoms with Crippen LogP contribution in [0.25, 0.3) is 11.2 Å².